The van der Waals surface area contributed by atoms with Gasteiger partial charge in [0, 0.05) is 0 Å². The van der Waals surface area contributed by atoms with Gasteiger partial charge in [-0.15, -0.1) is 0 Å². The standard InChI is InChI=1S/C11H11NO4/c1-8(14)6-16-10-5-3-2-4-9(10)11(15)12-7-13/h2-5,7H,6H2,1H3,(H,12,13,15). The molecule has 16 heavy (non-hydrogen) atoms. The molecular formula is C11H11NO4. The first-order valence-corrected chi connectivity index (χ1v) is 4.61. The average molecular weight is 221 g/mol. The van der Waals surface area contributed by atoms with E-state index in [9.17, 15) is 14.4 Å². The quantitative estimate of drug-likeness (QED) is 0.736. The molecule has 0 aliphatic rings. The number of amides is 2. The predicted octanol–water partition coefficient (Wildman–Crippen LogP) is 0.541. The lowest BCUT2D eigenvalue weighted by Gasteiger charge is -2.08. The molecule has 84 valence electrons. The molecule has 0 spiro atoms. The number of hydrogen-bond donors (Lipinski definition) is 1. The van der Waals surface area contributed by atoms with E-state index in [1.54, 1.807) is 18.2 Å². The molecule has 0 fully saturated rings. The summed E-state index contributed by atoms with van der Waals surface area (Å²) >= 11 is 0. The lowest BCUT2D eigenvalue weighted by Crippen LogP contribution is -2.22. The highest BCUT2D eigenvalue weighted by atomic mass is 16.5. The predicted molar refractivity (Wildman–Crippen MR) is 56.1 cm³/mol. The number of nitrogens with one attached hydrogen (secondary N) is 1. The van der Waals surface area contributed by atoms with Gasteiger partial charge in [0.15, 0.2) is 5.78 Å². The second-order valence-corrected chi connectivity index (χ2v) is 3.08. The van der Waals surface area contributed by atoms with E-state index in [0.717, 1.165) is 0 Å². The molecule has 0 bridgehead atoms. The van der Waals surface area contributed by atoms with Crippen molar-refractivity contribution in [3.63, 3.8) is 0 Å². The van der Waals surface area contributed by atoms with E-state index < -0.39 is 5.91 Å². The third-order valence-corrected chi connectivity index (χ3v) is 1.75. The van der Waals surface area contributed by atoms with Crippen LogP contribution >= 0.6 is 0 Å². The van der Waals surface area contributed by atoms with E-state index in [4.69, 9.17) is 4.74 Å². The Morgan fingerprint density at radius 1 is 1.38 bits per heavy atom. The molecule has 5 nitrogen and oxygen atoms in total. The van der Waals surface area contributed by atoms with Crippen molar-refractivity contribution < 1.29 is 19.1 Å². The lowest BCUT2D eigenvalue weighted by molar-refractivity contribution is -0.119. The first-order valence-electron chi connectivity index (χ1n) is 4.61. The van der Waals surface area contributed by atoms with Crippen molar-refractivity contribution in [3.8, 4) is 5.75 Å². The number of hydrogen-bond acceptors (Lipinski definition) is 4. The maximum Gasteiger partial charge on any atom is 0.261 e. The van der Waals surface area contributed by atoms with Gasteiger partial charge in [-0.25, -0.2) is 0 Å². The highest BCUT2D eigenvalue weighted by Crippen LogP contribution is 2.17. The van der Waals surface area contributed by atoms with Crippen molar-refractivity contribution in [1.82, 2.24) is 5.32 Å². The number of carbonyl (C=O) groups is 3. The molecule has 1 aromatic rings. The van der Waals surface area contributed by atoms with E-state index in [1.165, 1.54) is 13.0 Å². The zero-order valence-corrected chi connectivity index (χ0v) is 8.73. The van der Waals surface area contributed by atoms with E-state index in [-0.39, 0.29) is 23.7 Å². The number of rotatable bonds is 5. The van der Waals surface area contributed by atoms with Crippen LogP contribution in [-0.4, -0.2) is 24.7 Å². The van der Waals surface area contributed by atoms with Crippen LogP contribution in [0.1, 0.15) is 17.3 Å². The van der Waals surface area contributed by atoms with E-state index in [1.807, 2.05) is 5.32 Å². The Balaban J connectivity index is 2.86. The molecule has 0 aliphatic carbocycles. The summed E-state index contributed by atoms with van der Waals surface area (Å²) in [5.74, 6) is -0.434. The summed E-state index contributed by atoms with van der Waals surface area (Å²) < 4.78 is 5.14. The Morgan fingerprint density at radius 2 is 2.06 bits per heavy atom. The second kappa shape index (κ2) is 5.65. The number of ether oxygens (including phenoxy) is 1. The van der Waals surface area contributed by atoms with Crippen molar-refractivity contribution in [3.05, 3.63) is 29.8 Å². The summed E-state index contributed by atoms with van der Waals surface area (Å²) in [5.41, 5.74) is 0.218. The van der Waals surface area contributed by atoms with Crippen LogP contribution in [0.15, 0.2) is 24.3 Å². The van der Waals surface area contributed by atoms with Crippen LogP contribution in [0.2, 0.25) is 0 Å². The molecule has 0 heterocycles. The number of carbonyl (C=O) groups excluding carboxylic acids is 3. The molecular weight excluding hydrogens is 210 g/mol. The first-order chi connectivity index (χ1) is 7.65. The molecule has 2 amide bonds. The molecule has 0 saturated carbocycles. The molecule has 0 aromatic heterocycles. The van der Waals surface area contributed by atoms with Crippen molar-refractivity contribution >= 4 is 18.1 Å². The molecule has 1 rings (SSSR count). The minimum Gasteiger partial charge on any atom is -0.485 e. The van der Waals surface area contributed by atoms with Gasteiger partial charge >= 0.3 is 0 Å². The molecule has 0 aliphatic heterocycles. The number of benzene rings is 1. The molecule has 0 radical (unpaired) electrons. The highest BCUT2D eigenvalue weighted by Gasteiger charge is 2.11. The summed E-state index contributed by atoms with van der Waals surface area (Å²) in [6.07, 6.45) is 0.296. The summed E-state index contributed by atoms with van der Waals surface area (Å²) in [7, 11) is 0. The van der Waals surface area contributed by atoms with Crippen molar-refractivity contribution in [2.24, 2.45) is 0 Å². The summed E-state index contributed by atoms with van der Waals surface area (Å²) in [5, 5.41) is 2.01. The Labute approximate surface area is 92.4 Å². The summed E-state index contributed by atoms with van der Waals surface area (Å²) in [6.45, 7) is 1.28. The zero-order valence-electron chi connectivity index (χ0n) is 8.73. The SMILES string of the molecule is CC(=O)COc1ccccc1C(=O)NC=O. The van der Waals surface area contributed by atoms with Crippen LogP contribution < -0.4 is 10.1 Å². The van der Waals surface area contributed by atoms with Crippen LogP contribution in [-0.2, 0) is 9.59 Å². The zero-order chi connectivity index (χ0) is 12.0. The minimum atomic E-state index is -0.561. The van der Waals surface area contributed by atoms with Gasteiger partial charge in [0.2, 0.25) is 6.41 Å². The van der Waals surface area contributed by atoms with Gasteiger partial charge in [0.1, 0.15) is 12.4 Å². The van der Waals surface area contributed by atoms with Crippen molar-refractivity contribution in [1.29, 1.82) is 0 Å². The molecule has 1 aromatic carbocycles. The molecule has 5 heteroatoms. The van der Waals surface area contributed by atoms with E-state index in [0.29, 0.717) is 6.41 Å². The molecule has 0 saturated heterocycles. The monoisotopic (exact) mass is 221 g/mol. The van der Waals surface area contributed by atoms with Crippen LogP contribution in [0, 0.1) is 0 Å². The molecule has 0 atom stereocenters. The number of imide groups is 1. The topological polar surface area (TPSA) is 72.5 Å². The second-order valence-electron chi connectivity index (χ2n) is 3.08. The van der Waals surface area contributed by atoms with Gasteiger partial charge < -0.3 is 4.74 Å². The number of para-hydroxylation sites is 1. The van der Waals surface area contributed by atoms with E-state index in [2.05, 4.69) is 0 Å². The smallest absolute Gasteiger partial charge is 0.261 e. The van der Waals surface area contributed by atoms with Gasteiger partial charge in [-0.05, 0) is 19.1 Å². The van der Waals surface area contributed by atoms with Gasteiger partial charge in [0.25, 0.3) is 5.91 Å². The maximum absolute atomic E-state index is 11.4. The maximum atomic E-state index is 11.4. The van der Waals surface area contributed by atoms with Crippen LogP contribution in [0.3, 0.4) is 0 Å². The van der Waals surface area contributed by atoms with E-state index >= 15 is 0 Å². The third kappa shape index (κ3) is 3.20. The van der Waals surface area contributed by atoms with Crippen LogP contribution in [0.25, 0.3) is 0 Å². The van der Waals surface area contributed by atoms with Crippen molar-refractivity contribution in [2.45, 2.75) is 6.92 Å². The Morgan fingerprint density at radius 3 is 2.69 bits per heavy atom. The van der Waals surface area contributed by atoms with Crippen LogP contribution in [0.5, 0.6) is 5.75 Å². The van der Waals surface area contributed by atoms with Crippen molar-refractivity contribution in [2.75, 3.05) is 6.61 Å². The first kappa shape index (κ1) is 11.9. The molecule has 0 unspecified atom stereocenters. The third-order valence-electron chi connectivity index (χ3n) is 1.75. The fourth-order valence-electron chi connectivity index (χ4n) is 1.09. The fourth-order valence-corrected chi connectivity index (χ4v) is 1.09. The number of ketones is 1. The Bertz CT molecular complexity index is 414. The molecule has 1 N–H and O–H groups in total. The summed E-state index contributed by atoms with van der Waals surface area (Å²) in [4.78, 5) is 32.3. The Kier molecular flexibility index (Phi) is 4.20. The highest BCUT2D eigenvalue weighted by molar-refractivity contribution is 6.01. The number of Topliss-reactive ketones (excluding diaryl/α,β-unsaturated/α-hetero) is 1. The van der Waals surface area contributed by atoms with Gasteiger partial charge in [-0.3, -0.25) is 19.7 Å². The van der Waals surface area contributed by atoms with Gasteiger partial charge in [-0.2, -0.15) is 0 Å². The van der Waals surface area contributed by atoms with Gasteiger partial charge in [-0.1, -0.05) is 12.1 Å². The lowest BCUT2D eigenvalue weighted by atomic mass is 10.2. The van der Waals surface area contributed by atoms with Crippen LogP contribution in [0.4, 0.5) is 0 Å². The average Bonchev–Trinajstić information content (AvgIpc) is 2.27. The summed E-state index contributed by atoms with van der Waals surface area (Å²) in [6, 6.07) is 6.38. The normalized spacial score (nSPS) is 9.31. The fraction of sp³-hybridized carbons (Fsp3) is 0.182. The van der Waals surface area contributed by atoms with Gasteiger partial charge in [0.05, 0.1) is 5.56 Å². The Hall–Kier alpha value is -2.17. The largest absolute Gasteiger partial charge is 0.485 e. The minimum absolute atomic E-state index is 0.106.